The minimum Gasteiger partial charge on any atom is -0.454 e. The van der Waals surface area contributed by atoms with Gasteiger partial charge in [-0.1, -0.05) is 17.7 Å². The second-order valence-corrected chi connectivity index (χ2v) is 8.96. The molecular formula is C19H15ClN2O4S2. The fourth-order valence-corrected chi connectivity index (χ4v) is 5.13. The van der Waals surface area contributed by atoms with E-state index < -0.39 is 5.91 Å². The van der Waals surface area contributed by atoms with Crippen LogP contribution in [-0.4, -0.2) is 18.6 Å². The number of nitrogens with one attached hydrogen (secondary N) is 1. The Bertz CT molecular complexity index is 1090. The summed E-state index contributed by atoms with van der Waals surface area (Å²) in [5.74, 6) is 0.512. The van der Waals surface area contributed by atoms with Gasteiger partial charge >= 0.3 is 0 Å². The molecule has 0 saturated carbocycles. The predicted molar refractivity (Wildman–Crippen MR) is 110 cm³/mol. The largest absolute Gasteiger partial charge is 0.454 e. The van der Waals surface area contributed by atoms with E-state index in [0.29, 0.717) is 37.7 Å². The number of primary amides is 1. The molecule has 0 saturated heterocycles. The second kappa shape index (κ2) is 7.46. The monoisotopic (exact) mass is 434 g/mol. The number of hydrogen-bond donors (Lipinski definition) is 2. The number of fused-ring (bicyclic) bond motifs is 1. The molecule has 3 N–H and O–H groups in total. The van der Waals surface area contributed by atoms with Crippen LogP contribution in [0.1, 0.15) is 36.0 Å². The average molecular weight is 435 g/mol. The summed E-state index contributed by atoms with van der Waals surface area (Å²) >= 11 is 8.41. The molecule has 0 unspecified atom stereocenters. The number of carbonyl (C=O) groups excluding carboxylic acids is 2. The molecule has 3 heterocycles. The molecule has 1 aliphatic heterocycles. The minimum absolute atomic E-state index is 0.214. The van der Waals surface area contributed by atoms with Crippen LogP contribution < -0.4 is 20.5 Å². The summed E-state index contributed by atoms with van der Waals surface area (Å²) in [6.45, 7) is 2.04. The molecule has 0 fully saturated rings. The Labute approximate surface area is 173 Å². The van der Waals surface area contributed by atoms with Gasteiger partial charge in [-0.25, -0.2) is 0 Å². The molecule has 0 spiro atoms. The van der Waals surface area contributed by atoms with Gasteiger partial charge in [0.1, 0.15) is 5.00 Å². The molecule has 144 valence electrons. The topological polar surface area (TPSA) is 90.7 Å². The highest BCUT2D eigenvalue weighted by Crippen LogP contribution is 2.37. The number of thiophene rings is 2. The van der Waals surface area contributed by atoms with E-state index in [1.54, 1.807) is 12.1 Å². The van der Waals surface area contributed by atoms with Crippen LogP contribution in [0.15, 0.2) is 30.3 Å². The summed E-state index contributed by atoms with van der Waals surface area (Å²) in [4.78, 5) is 25.9. The summed E-state index contributed by atoms with van der Waals surface area (Å²) in [7, 11) is 0. The Balaban J connectivity index is 1.62. The van der Waals surface area contributed by atoms with Crippen molar-refractivity contribution in [2.75, 3.05) is 12.1 Å². The fraction of sp³-hybridized carbons (Fsp3) is 0.158. The van der Waals surface area contributed by atoms with Crippen LogP contribution >= 0.6 is 34.3 Å². The first-order valence-electron chi connectivity index (χ1n) is 8.29. The number of carbonyl (C=O) groups is 2. The number of anilines is 1. The van der Waals surface area contributed by atoms with Gasteiger partial charge in [-0.05, 0) is 42.3 Å². The third-order valence-corrected chi connectivity index (χ3v) is 6.75. The van der Waals surface area contributed by atoms with Crippen LogP contribution in [0.5, 0.6) is 11.5 Å². The van der Waals surface area contributed by atoms with Crippen molar-refractivity contribution in [1.82, 2.24) is 0 Å². The van der Waals surface area contributed by atoms with Crippen molar-refractivity contribution < 1.29 is 19.1 Å². The first-order chi connectivity index (χ1) is 13.4. The van der Waals surface area contributed by atoms with Crippen LogP contribution in [0.2, 0.25) is 4.34 Å². The van der Waals surface area contributed by atoms with Gasteiger partial charge in [-0.3, -0.25) is 9.59 Å². The van der Waals surface area contributed by atoms with Crippen molar-refractivity contribution >= 4 is 51.1 Å². The van der Waals surface area contributed by atoms with Gasteiger partial charge in [-0.15, -0.1) is 22.7 Å². The molecule has 9 heteroatoms. The van der Waals surface area contributed by atoms with Crippen molar-refractivity contribution in [2.45, 2.75) is 13.3 Å². The van der Waals surface area contributed by atoms with Crippen LogP contribution in [0.25, 0.3) is 0 Å². The van der Waals surface area contributed by atoms with Crippen molar-refractivity contribution in [3.8, 4) is 11.5 Å². The highest BCUT2D eigenvalue weighted by Gasteiger charge is 2.22. The zero-order valence-electron chi connectivity index (χ0n) is 14.7. The third-order valence-electron chi connectivity index (χ3n) is 4.32. The van der Waals surface area contributed by atoms with Crippen molar-refractivity contribution in [3.05, 3.63) is 61.1 Å². The Morgan fingerprint density at radius 3 is 2.68 bits per heavy atom. The van der Waals surface area contributed by atoms with E-state index in [1.807, 2.05) is 25.1 Å². The normalized spacial score (nSPS) is 12.2. The van der Waals surface area contributed by atoms with Crippen LogP contribution in [0, 0.1) is 6.92 Å². The van der Waals surface area contributed by atoms with Gasteiger partial charge in [0.15, 0.2) is 11.5 Å². The first kappa shape index (κ1) is 18.8. The first-order valence-corrected chi connectivity index (χ1v) is 10.3. The van der Waals surface area contributed by atoms with Gasteiger partial charge in [0, 0.05) is 11.3 Å². The van der Waals surface area contributed by atoms with Crippen LogP contribution in [0.3, 0.4) is 0 Å². The number of ether oxygens (including phenoxy) is 2. The lowest BCUT2D eigenvalue weighted by Crippen LogP contribution is -2.16. The molecule has 0 atom stereocenters. The molecule has 28 heavy (non-hydrogen) atoms. The number of benzene rings is 1. The maximum Gasteiger partial charge on any atom is 0.266 e. The summed E-state index contributed by atoms with van der Waals surface area (Å²) in [5.41, 5.74) is 7.67. The molecule has 2 aromatic heterocycles. The average Bonchev–Trinajstić information content (AvgIpc) is 3.34. The van der Waals surface area contributed by atoms with Crippen molar-refractivity contribution in [3.63, 3.8) is 0 Å². The summed E-state index contributed by atoms with van der Waals surface area (Å²) in [5, 5.41) is 3.24. The SMILES string of the molecule is Cc1c(Cc2ccc3c(c2)OCO3)sc(NC(=O)c2ccc(Cl)s2)c1C(N)=O. The summed E-state index contributed by atoms with van der Waals surface area (Å²) < 4.78 is 11.3. The maximum absolute atomic E-state index is 12.5. The van der Waals surface area contributed by atoms with Crippen molar-refractivity contribution in [2.24, 2.45) is 5.73 Å². The number of nitrogens with two attached hydrogens (primary N) is 1. The Morgan fingerprint density at radius 1 is 1.18 bits per heavy atom. The highest BCUT2D eigenvalue weighted by molar-refractivity contribution is 7.18. The molecular weight excluding hydrogens is 420 g/mol. The van der Waals surface area contributed by atoms with Crippen LogP contribution in [0.4, 0.5) is 5.00 Å². The molecule has 1 aromatic carbocycles. The molecule has 4 rings (SSSR count). The predicted octanol–water partition coefficient (Wildman–Crippen LogP) is 4.44. The van der Waals surface area contributed by atoms with Crippen molar-refractivity contribution in [1.29, 1.82) is 0 Å². The molecule has 0 radical (unpaired) electrons. The molecule has 6 nitrogen and oxygen atoms in total. The number of halogens is 1. The Morgan fingerprint density at radius 2 is 1.96 bits per heavy atom. The minimum atomic E-state index is -0.579. The summed E-state index contributed by atoms with van der Waals surface area (Å²) in [6.07, 6.45) is 0.578. The van der Waals surface area contributed by atoms with E-state index in [-0.39, 0.29) is 12.7 Å². The highest BCUT2D eigenvalue weighted by atomic mass is 35.5. The zero-order valence-corrected chi connectivity index (χ0v) is 17.1. The third kappa shape index (κ3) is 3.58. The lowest BCUT2D eigenvalue weighted by atomic mass is 10.1. The molecule has 0 bridgehead atoms. The Hall–Kier alpha value is -2.55. The molecule has 3 aromatic rings. The van der Waals surface area contributed by atoms with E-state index in [4.69, 9.17) is 26.8 Å². The maximum atomic E-state index is 12.5. The fourth-order valence-electron chi connectivity index (χ4n) is 2.95. The molecule has 0 aliphatic carbocycles. The standard InChI is InChI=1S/C19H15ClN2O4S2/c1-9-14(7-10-2-3-11-12(6-10)26-8-25-11)28-19(16(9)17(21)23)22-18(24)13-4-5-15(20)27-13/h2-6H,7-8H2,1H3,(H2,21,23)(H,22,24). The van der Waals surface area contributed by atoms with Crippen LogP contribution in [-0.2, 0) is 6.42 Å². The number of rotatable bonds is 5. The van der Waals surface area contributed by atoms with Gasteiger partial charge < -0.3 is 20.5 Å². The zero-order chi connectivity index (χ0) is 19.8. The molecule has 2 amide bonds. The number of amides is 2. The lowest BCUT2D eigenvalue weighted by Gasteiger charge is -2.03. The van der Waals surface area contributed by atoms with Gasteiger partial charge in [0.05, 0.1) is 14.8 Å². The number of hydrogen-bond acceptors (Lipinski definition) is 6. The summed E-state index contributed by atoms with van der Waals surface area (Å²) in [6, 6.07) is 9.01. The van der Waals surface area contributed by atoms with E-state index in [9.17, 15) is 9.59 Å². The quantitative estimate of drug-likeness (QED) is 0.621. The van der Waals surface area contributed by atoms with E-state index in [2.05, 4.69) is 5.32 Å². The van der Waals surface area contributed by atoms with Gasteiger partial charge in [-0.2, -0.15) is 0 Å². The lowest BCUT2D eigenvalue weighted by molar-refractivity contribution is 0.100. The molecule has 1 aliphatic rings. The van der Waals surface area contributed by atoms with E-state index in [0.717, 1.165) is 16.0 Å². The Kier molecular flexibility index (Phi) is 5.01. The smallest absolute Gasteiger partial charge is 0.266 e. The second-order valence-electron chi connectivity index (χ2n) is 6.14. The van der Waals surface area contributed by atoms with E-state index in [1.165, 1.54) is 22.7 Å². The van der Waals surface area contributed by atoms with Gasteiger partial charge in [0.25, 0.3) is 11.8 Å². The van der Waals surface area contributed by atoms with Gasteiger partial charge in [0.2, 0.25) is 6.79 Å². The van der Waals surface area contributed by atoms with E-state index >= 15 is 0 Å².